The first-order valence-electron chi connectivity index (χ1n) is 13.4. The van der Waals surface area contributed by atoms with E-state index in [4.69, 9.17) is 10.5 Å². The van der Waals surface area contributed by atoms with Gasteiger partial charge in [0.15, 0.2) is 9.84 Å². The molecule has 0 aliphatic carbocycles. The lowest BCUT2D eigenvalue weighted by Crippen LogP contribution is -2.34. The van der Waals surface area contributed by atoms with Crippen LogP contribution in [0.1, 0.15) is 41.7 Å². The number of anilines is 2. The monoisotopic (exact) mass is 598 g/mol. The number of benzene rings is 3. The van der Waals surface area contributed by atoms with Crippen LogP contribution in [0, 0.1) is 11.3 Å². The largest absolute Gasteiger partial charge is 0.489 e. The molecule has 1 amide bonds. The highest BCUT2D eigenvalue weighted by Crippen LogP contribution is 2.30. The van der Waals surface area contributed by atoms with Crippen molar-refractivity contribution in [2.24, 2.45) is 0 Å². The van der Waals surface area contributed by atoms with Crippen LogP contribution in [-0.4, -0.2) is 52.0 Å². The van der Waals surface area contributed by atoms with E-state index in [0.717, 1.165) is 0 Å². The molecule has 1 fully saturated rings. The first-order chi connectivity index (χ1) is 20.1. The molecule has 1 saturated heterocycles. The summed E-state index contributed by atoms with van der Waals surface area (Å²) in [5.74, 6) is 0.162. The molecule has 0 radical (unpaired) electrons. The molecular formula is C30H32F2N4O5S. The topological polar surface area (TPSA) is 135 Å². The number of ether oxygens (including phenoxy) is 2. The number of nitriles is 1. The Morgan fingerprint density at radius 2 is 1.76 bits per heavy atom. The zero-order chi connectivity index (χ0) is 30.3. The fourth-order valence-electron chi connectivity index (χ4n) is 4.82. The van der Waals surface area contributed by atoms with Gasteiger partial charge in [-0.25, -0.2) is 8.42 Å². The van der Waals surface area contributed by atoms with Gasteiger partial charge in [0.05, 0.1) is 48.4 Å². The van der Waals surface area contributed by atoms with Crippen LogP contribution in [0.2, 0.25) is 0 Å². The number of sulfone groups is 1. The molecule has 3 aromatic carbocycles. The van der Waals surface area contributed by atoms with Gasteiger partial charge in [0.2, 0.25) is 0 Å². The molecule has 1 heterocycles. The van der Waals surface area contributed by atoms with Gasteiger partial charge in [0.25, 0.3) is 5.91 Å². The van der Waals surface area contributed by atoms with Crippen LogP contribution < -0.4 is 20.7 Å². The number of alkyl halides is 2. The summed E-state index contributed by atoms with van der Waals surface area (Å²) in [7, 11) is -3.38. The molecule has 3 N–H and O–H groups in total. The number of nitrogens with two attached hydrogens (primary N) is 1. The van der Waals surface area contributed by atoms with Crippen LogP contribution in [0.25, 0.3) is 0 Å². The minimum atomic E-state index is -3.38. The number of carbonyl (C=O) groups excluding carboxylic acids is 1. The minimum absolute atomic E-state index is 0.0152. The SMILES string of the molecule is CCS(=O)(=O)c1ccc([C@H](CC#N)NC(=O)c2ccc(N3C[C@@H](Oc4ccc(N)cc4)C[C@H]3COC(F)F)cc2)cc1. The summed E-state index contributed by atoms with van der Waals surface area (Å²) in [4.78, 5) is 15.2. The zero-order valence-corrected chi connectivity index (χ0v) is 23.8. The maximum Gasteiger partial charge on any atom is 0.345 e. The second kappa shape index (κ2) is 13.6. The van der Waals surface area contributed by atoms with Crippen molar-refractivity contribution in [3.05, 3.63) is 83.9 Å². The molecule has 12 heteroatoms. The minimum Gasteiger partial charge on any atom is -0.489 e. The Morgan fingerprint density at radius 1 is 1.10 bits per heavy atom. The zero-order valence-electron chi connectivity index (χ0n) is 23.0. The summed E-state index contributed by atoms with van der Waals surface area (Å²) < 4.78 is 60.6. The number of nitrogens with one attached hydrogen (secondary N) is 1. The maximum atomic E-state index is 13.1. The number of hydrogen-bond donors (Lipinski definition) is 2. The molecule has 1 aliphatic rings. The Morgan fingerprint density at radius 3 is 2.36 bits per heavy atom. The predicted octanol–water partition coefficient (Wildman–Crippen LogP) is 4.71. The van der Waals surface area contributed by atoms with Gasteiger partial charge in [-0.3, -0.25) is 4.79 Å². The lowest BCUT2D eigenvalue weighted by molar-refractivity contribution is -0.131. The van der Waals surface area contributed by atoms with E-state index in [1.165, 1.54) is 12.1 Å². The molecule has 0 bridgehead atoms. The van der Waals surface area contributed by atoms with Gasteiger partial charge in [-0.05, 0) is 66.2 Å². The van der Waals surface area contributed by atoms with Crippen molar-refractivity contribution in [1.29, 1.82) is 5.26 Å². The van der Waals surface area contributed by atoms with Gasteiger partial charge in [-0.15, -0.1) is 0 Å². The number of halogens is 2. The van der Waals surface area contributed by atoms with Crippen molar-refractivity contribution in [2.75, 3.05) is 29.5 Å². The highest BCUT2D eigenvalue weighted by Gasteiger charge is 2.34. The number of carbonyl (C=O) groups is 1. The van der Waals surface area contributed by atoms with Crippen LogP contribution in [0.3, 0.4) is 0 Å². The fraction of sp³-hybridized carbons (Fsp3) is 0.333. The third-order valence-electron chi connectivity index (χ3n) is 7.06. The number of nitrogen functional groups attached to an aromatic ring is 1. The Balaban J connectivity index is 1.46. The second-order valence-corrected chi connectivity index (χ2v) is 12.1. The Labute approximate surface area is 243 Å². The van der Waals surface area contributed by atoms with Crippen LogP contribution in [-0.2, 0) is 14.6 Å². The third kappa shape index (κ3) is 7.74. The quantitative estimate of drug-likeness (QED) is 0.286. The third-order valence-corrected chi connectivity index (χ3v) is 8.81. The molecule has 0 unspecified atom stereocenters. The van der Waals surface area contributed by atoms with Gasteiger partial charge in [-0.2, -0.15) is 14.0 Å². The van der Waals surface area contributed by atoms with E-state index < -0.39 is 28.4 Å². The van der Waals surface area contributed by atoms with Gasteiger partial charge in [-0.1, -0.05) is 19.1 Å². The number of rotatable bonds is 12. The van der Waals surface area contributed by atoms with Crippen LogP contribution in [0.5, 0.6) is 5.75 Å². The van der Waals surface area contributed by atoms with E-state index in [-0.39, 0.29) is 35.8 Å². The summed E-state index contributed by atoms with van der Waals surface area (Å²) in [6.07, 6.45) is 0.153. The Kier molecular flexibility index (Phi) is 9.98. The Bertz CT molecular complexity index is 1490. The van der Waals surface area contributed by atoms with Crippen molar-refractivity contribution >= 4 is 27.1 Å². The summed E-state index contributed by atoms with van der Waals surface area (Å²) >= 11 is 0. The van der Waals surface area contributed by atoms with E-state index >= 15 is 0 Å². The normalized spacial score (nSPS) is 17.5. The Hall–Kier alpha value is -4.21. The van der Waals surface area contributed by atoms with Crippen molar-refractivity contribution < 1.29 is 31.5 Å². The highest BCUT2D eigenvalue weighted by molar-refractivity contribution is 7.91. The molecule has 3 atom stereocenters. The van der Waals surface area contributed by atoms with Crippen LogP contribution in [0.15, 0.2) is 77.7 Å². The predicted molar refractivity (Wildman–Crippen MR) is 154 cm³/mol. The molecule has 222 valence electrons. The maximum absolute atomic E-state index is 13.1. The smallest absolute Gasteiger partial charge is 0.345 e. The van der Waals surface area contributed by atoms with E-state index in [2.05, 4.69) is 16.1 Å². The average molecular weight is 599 g/mol. The van der Waals surface area contributed by atoms with E-state index in [0.29, 0.717) is 41.2 Å². The van der Waals surface area contributed by atoms with Gasteiger partial charge in [0.1, 0.15) is 11.9 Å². The summed E-state index contributed by atoms with van der Waals surface area (Å²) in [6, 6.07) is 20.7. The summed E-state index contributed by atoms with van der Waals surface area (Å²) in [5, 5.41) is 12.1. The van der Waals surface area contributed by atoms with Gasteiger partial charge < -0.3 is 25.4 Å². The molecule has 3 aromatic rings. The van der Waals surface area contributed by atoms with Crippen molar-refractivity contribution in [3.63, 3.8) is 0 Å². The van der Waals surface area contributed by atoms with Gasteiger partial charge in [0, 0.05) is 23.4 Å². The van der Waals surface area contributed by atoms with Crippen LogP contribution in [0.4, 0.5) is 20.2 Å². The van der Waals surface area contributed by atoms with Crippen molar-refractivity contribution in [2.45, 2.75) is 49.5 Å². The molecule has 0 saturated carbocycles. The van der Waals surface area contributed by atoms with Gasteiger partial charge >= 0.3 is 6.61 Å². The highest BCUT2D eigenvalue weighted by atomic mass is 32.2. The molecular weight excluding hydrogens is 566 g/mol. The molecule has 9 nitrogen and oxygen atoms in total. The molecule has 0 aromatic heterocycles. The molecule has 4 rings (SSSR count). The standard InChI is InChI=1S/C30H32F2N4O5S/c1-2-42(38,39)27-13-5-20(6-14-27)28(15-16-33)35-29(37)21-3-9-23(10-4-21)36-18-26(17-24(36)19-40-30(31)32)41-25-11-7-22(34)8-12-25/h3-14,24,26,28,30H,2,15,17-19,34H2,1H3,(H,35,37)/t24-,26-,28-/m0/s1. The van der Waals surface area contributed by atoms with E-state index in [1.54, 1.807) is 67.6 Å². The van der Waals surface area contributed by atoms with Crippen molar-refractivity contribution in [3.8, 4) is 11.8 Å². The lowest BCUT2D eigenvalue weighted by atomic mass is 10.0. The lowest BCUT2D eigenvalue weighted by Gasteiger charge is -2.26. The van der Waals surface area contributed by atoms with E-state index in [9.17, 15) is 27.3 Å². The first kappa shape index (κ1) is 30.7. The fourth-order valence-corrected chi connectivity index (χ4v) is 5.70. The summed E-state index contributed by atoms with van der Waals surface area (Å²) in [6.45, 7) is -1.12. The first-order valence-corrected chi connectivity index (χ1v) is 15.0. The molecule has 0 spiro atoms. The second-order valence-electron chi connectivity index (χ2n) is 9.85. The molecule has 1 aliphatic heterocycles. The number of hydrogen-bond acceptors (Lipinski definition) is 8. The summed E-state index contributed by atoms with van der Waals surface area (Å²) in [5.41, 5.74) is 7.98. The van der Waals surface area contributed by atoms with Crippen molar-refractivity contribution in [1.82, 2.24) is 5.32 Å². The average Bonchev–Trinajstić information content (AvgIpc) is 3.39. The van der Waals surface area contributed by atoms with Crippen LogP contribution >= 0.6 is 0 Å². The van der Waals surface area contributed by atoms with E-state index in [1.807, 2.05) is 4.90 Å². The molecule has 42 heavy (non-hydrogen) atoms. The number of amides is 1. The number of nitrogens with zero attached hydrogens (tertiary/aromatic N) is 2.